The van der Waals surface area contributed by atoms with Crippen LogP contribution in [0.1, 0.15) is 9.67 Å². The highest BCUT2D eigenvalue weighted by atomic mass is 79.9. The summed E-state index contributed by atoms with van der Waals surface area (Å²) in [5.41, 5.74) is 1.52. The lowest BCUT2D eigenvalue weighted by molar-refractivity contribution is 0.103. The lowest BCUT2D eigenvalue weighted by Gasteiger charge is -2.07. The van der Waals surface area contributed by atoms with Gasteiger partial charge in [0.05, 0.1) is 11.2 Å². The molecule has 3 nitrogen and oxygen atoms in total. The van der Waals surface area contributed by atoms with Crippen LogP contribution in [0.3, 0.4) is 0 Å². The van der Waals surface area contributed by atoms with Gasteiger partial charge in [0.25, 0.3) is 5.91 Å². The lowest BCUT2D eigenvalue weighted by atomic mass is 10.2. The fraction of sp³-hybridized carbons (Fsp3) is 0. The molecule has 19 heavy (non-hydrogen) atoms. The Morgan fingerprint density at radius 2 is 2.05 bits per heavy atom. The fourth-order valence-electron chi connectivity index (χ4n) is 1.84. The van der Waals surface area contributed by atoms with E-state index >= 15 is 0 Å². The summed E-state index contributed by atoms with van der Waals surface area (Å²) in [5.74, 6) is -0.125. The van der Waals surface area contributed by atoms with Crippen molar-refractivity contribution in [2.24, 2.45) is 0 Å². The molecule has 0 spiro atoms. The van der Waals surface area contributed by atoms with Crippen molar-refractivity contribution in [3.8, 4) is 0 Å². The average molecular weight is 333 g/mol. The number of para-hydroxylation sites is 1. The molecular formula is C14H9BrN2OS. The van der Waals surface area contributed by atoms with Crippen LogP contribution in [0.5, 0.6) is 0 Å². The molecule has 0 fully saturated rings. The van der Waals surface area contributed by atoms with E-state index in [4.69, 9.17) is 0 Å². The Bertz CT molecular complexity index is 749. The molecule has 3 aromatic rings. The minimum atomic E-state index is -0.125. The van der Waals surface area contributed by atoms with Gasteiger partial charge in [0.2, 0.25) is 0 Å². The molecule has 5 heteroatoms. The highest BCUT2D eigenvalue weighted by molar-refractivity contribution is 9.10. The number of carbonyl (C=O) groups is 1. The van der Waals surface area contributed by atoms with Gasteiger partial charge < -0.3 is 5.32 Å². The first-order valence-corrected chi connectivity index (χ1v) is 7.31. The van der Waals surface area contributed by atoms with Crippen LogP contribution < -0.4 is 5.32 Å². The average Bonchev–Trinajstić information content (AvgIpc) is 2.85. The molecule has 2 heterocycles. The van der Waals surface area contributed by atoms with Gasteiger partial charge in [0.15, 0.2) is 0 Å². The molecule has 1 amide bonds. The number of hydrogen-bond acceptors (Lipinski definition) is 3. The van der Waals surface area contributed by atoms with Crippen molar-refractivity contribution in [2.45, 2.75) is 0 Å². The molecule has 1 N–H and O–H groups in total. The topological polar surface area (TPSA) is 42.0 Å². The van der Waals surface area contributed by atoms with Gasteiger partial charge in [-0.3, -0.25) is 9.78 Å². The molecule has 0 saturated carbocycles. The van der Waals surface area contributed by atoms with E-state index in [1.165, 1.54) is 11.3 Å². The Kier molecular flexibility index (Phi) is 3.31. The highest BCUT2D eigenvalue weighted by Gasteiger charge is 2.13. The third-order valence-corrected chi connectivity index (χ3v) is 4.54. The molecule has 94 valence electrons. The predicted octanol–water partition coefficient (Wildman–Crippen LogP) is 4.31. The molecule has 1 aromatic carbocycles. The Balaban J connectivity index is 1.98. The van der Waals surface area contributed by atoms with Crippen molar-refractivity contribution in [1.29, 1.82) is 0 Å². The number of thiophene rings is 1. The first-order valence-electron chi connectivity index (χ1n) is 5.64. The van der Waals surface area contributed by atoms with Crippen LogP contribution in [-0.4, -0.2) is 10.9 Å². The number of pyridine rings is 1. The van der Waals surface area contributed by atoms with Crippen LogP contribution in [0.25, 0.3) is 10.9 Å². The number of rotatable bonds is 2. The van der Waals surface area contributed by atoms with Gasteiger partial charge in [-0.15, -0.1) is 11.3 Å². The second kappa shape index (κ2) is 5.11. The maximum Gasteiger partial charge on any atom is 0.266 e. The molecule has 0 aliphatic carbocycles. The first kappa shape index (κ1) is 12.3. The van der Waals surface area contributed by atoms with E-state index in [2.05, 4.69) is 26.2 Å². The molecule has 2 aromatic heterocycles. The summed E-state index contributed by atoms with van der Waals surface area (Å²) in [4.78, 5) is 17.2. The number of aromatic nitrogens is 1. The zero-order valence-electron chi connectivity index (χ0n) is 9.76. The number of nitrogens with one attached hydrogen (secondary N) is 1. The summed E-state index contributed by atoms with van der Waals surface area (Å²) < 4.78 is 0.809. The molecule has 0 saturated heterocycles. The smallest absolute Gasteiger partial charge is 0.266 e. The molecule has 0 radical (unpaired) electrons. The number of carbonyl (C=O) groups excluding carboxylic acids is 1. The Morgan fingerprint density at radius 3 is 2.84 bits per heavy atom. The highest BCUT2D eigenvalue weighted by Crippen LogP contribution is 2.26. The molecule has 0 unspecified atom stereocenters. The number of nitrogens with zero attached hydrogens (tertiary/aromatic N) is 1. The van der Waals surface area contributed by atoms with Crippen molar-refractivity contribution in [1.82, 2.24) is 4.98 Å². The predicted molar refractivity (Wildman–Crippen MR) is 81.7 cm³/mol. The van der Waals surface area contributed by atoms with Crippen LogP contribution in [-0.2, 0) is 0 Å². The largest absolute Gasteiger partial charge is 0.319 e. The summed E-state index contributed by atoms with van der Waals surface area (Å²) in [6.45, 7) is 0. The zero-order chi connectivity index (χ0) is 13.2. The van der Waals surface area contributed by atoms with Gasteiger partial charge in [0.1, 0.15) is 4.88 Å². The quantitative estimate of drug-likeness (QED) is 0.759. The lowest BCUT2D eigenvalue weighted by Crippen LogP contribution is -2.11. The van der Waals surface area contributed by atoms with Crippen molar-refractivity contribution >= 4 is 49.8 Å². The van der Waals surface area contributed by atoms with Gasteiger partial charge in [0, 0.05) is 16.1 Å². The van der Waals surface area contributed by atoms with Crippen molar-refractivity contribution in [3.63, 3.8) is 0 Å². The molecule has 3 rings (SSSR count). The normalized spacial score (nSPS) is 10.6. The molecule has 0 aliphatic heterocycles. The van der Waals surface area contributed by atoms with Crippen molar-refractivity contribution < 1.29 is 4.79 Å². The second-order valence-corrected chi connectivity index (χ2v) is 5.70. The molecular weight excluding hydrogens is 324 g/mol. The molecule has 0 aliphatic rings. The molecule has 0 bridgehead atoms. The number of benzene rings is 1. The fourth-order valence-corrected chi connectivity index (χ4v) is 3.29. The first-order chi connectivity index (χ1) is 9.25. The Morgan fingerprint density at radius 1 is 1.21 bits per heavy atom. The van der Waals surface area contributed by atoms with Gasteiger partial charge in [-0.1, -0.05) is 18.2 Å². The van der Waals surface area contributed by atoms with Gasteiger partial charge in [-0.25, -0.2) is 0 Å². The monoisotopic (exact) mass is 332 g/mol. The van der Waals surface area contributed by atoms with Crippen LogP contribution in [0, 0.1) is 0 Å². The van der Waals surface area contributed by atoms with E-state index in [9.17, 15) is 4.79 Å². The van der Waals surface area contributed by atoms with Crippen molar-refractivity contribution in [2.75, 3.05) is 5.32 Å². The van der Waals surface area contributed by atoms with E-state index in [0.717, 1.165) is 21.1 Å². The standard InChI is InChI=1S/C14H9BrN2OS/c15-10-6-8-19-13(10)14(18)17-11-5-1-3-9-4-2-7-16-12(9)11/h1-8H,(H,17,18). The SMILES string of the molecule is O=C(Nc1cccc2cccnc12)c1sccc1Br. The third-order valence-electron chi connectivity index (χ3n) is 2.70. The Labute approximate surface area is 122 Å². The van der Waals surface area contributed by atoms with Crippen molar-refractivity contribution in [3.05, 3.63) is 57.3 Å². The summed E-state index contributed by atoms with van der Waals surface area (Å²) >= 11 is 4.77. The van der Waals surface area contributed by atoms with Gasteiger partial charge in [-0.05, 0) is 39.5 Å². The zero-order valence-corrected chi connectivity index (χ0v) is 12.2. The summed E-state index contributed by atoms with van der Waals surface area (Å²) in [5, 5.41) is 5.79. The Hall–Kier alpha value is -1.72. The van der Waals surface area contributed by atoms with E-state index < -0.39 is 0 Å². The number of amides is 1. The number of anilines is 1. The third kappa shape index (κ3) is 2.39. The van der Waals surface area contributed by atoms with Gasteiger partial charge >= 0.3 is 0 Å². The summed E-state index contributed by atoms with van der Waals surface area (Å²) in [6.07, 6.45) is 1.72. The maximum absolute atomic E-state index is 12.2. The van der Waals surface area contributed by atoms with E-state index in [0.29, 0.717) is 4.88 Å². The van der Waals surface area contributed by atoms with Crippen LogP contribution in [0.15, 0.2) is 52.4 Å². The van der Waals surface area contributed by atoms with Gasteiger partial charge in [-0.2, -0.15) is 0 Å². The van der Waals surface area contributed by atoms with E-state index in [-0.39, 0.29) is 5.91 Å². The number of hydrogen-bond donors (Lipinski definition) is 1. The summed E-state index contributed by atoms with van der Waals surface area (Å²) in [6, 6.07) is 11.4. The second-order valence-electron chi connectivity index (χ2n) is 3.93. The minimum absolute atomic E-state index is 0.125. The van der Waals surface area contributed by atoms with E-state index in [1.54, 1.807) is 6.20 Å². The number of fused-ring (bicyclic) bond motifs is 1. The van der Waals surface area contributed by atoms with Crippen LogP contribution >= 0.6 is 27.3 Å². The van der Waals surface area contributed by atoms with Crippen LogP contribution in [0.2, 0.25) is 0 Å². The maximum atomic E-state index is 12.2. The minimum Gasteiger partial charge on any atom is -0.319 e. The molecule has 0 atom stereocenters. The van der Waals surface area contributed by atoms with Crippen LogP contribution in [0.4, 0.5) is 5.69 Å². The van der Waals surface area contributed by atoms with E-state index in [1.807, 2.05) is 41.8 Å². The number of halogens is 1. The summed E-state index contributed by atoms with van der Waals surface area (Å²) in [7, 11) is 0.